The van der Waals surface area contributed by atoms with Gasteiger partial charge in [0.2, 0.25) is 5.95 Å². The van der Waals surface area contributed by atoms with Crippen molar-refractivity contribution in [2.45, 2.75) is 20.0 Å². The summed E-state index contributed by atoms with van der Waals surface area (Å²) in [5.74, 6) is -3.69. The standard InChI is InChI=1S/C13H10F3N3O4/c1-3-23-11(22)7-5-17-12(18-9(7)13(14,15)16)19-8(20)4-6(2)10(19)21/h4-5H,3H2,1-2H3. The Kier molecular flexibility index (Phi) is 4.17. The van der Waals surface area contributed by atoms with Crippen LogP contribution in [0.2, 0.25) is 0 Å². The molecule has 10 heteroatoms. The third-order valence-electron chi connectivity index (χ3n) is 2.84. The van der Waals surface area contributed by atoms with Crippen LogP contribution in [-0.2, 0) is 20.5 Å². The topological polar surface area (TPSA) is 89.5 Å². The molecule has 0 saturated heterocycles. The molecule has 7 nitrogen and oxygen atoms in total. The number of alkyl halides is 3. The summed E-state index contributed by atoms with van der Waals surface area (Å²) in [6.45, 7) is 2.62. The first-order chi connectivity index (χ1) is 10.7. The van der Waals surface area contributed by atoms with Gasteiger partial charge in [0.25, 0.3) is 11.8 Å². The molecule has 23 heavy (non-hydrogen) atoms. The first kappa shape index (κ1) is 16.6. The Morgan fingerprint density at radius 1 is 1.35 bits per heavy atom. The number of hydrogen-bond donors (Lipinski definition) is 0. The van der Waals surface area contributed by atoms with Crippen molar-refractivity contribution in [2.24, 2.45) is 0 Å². The number of ether oxygens (including phenoxy) is 1. The highest BCUT2D eigenvalue weighted by atomic mass is 19.4. The van der Waals surface area contributed by atoms with Crippen LogP contribution in [0.5, 0.6) is 0 Å². The Hall–Kier alpha value is -2.78. The van der Waals surface area contributed by atoms with Crippen molar-refractivity contribution in [2.75, 3.05) is 11.5 Å². The number of aromatic nitrogens is 2. The molecule has 0 spiro atoms. The van der Waals surface area contributed by atoms with Crippen molar-refractivity contribution in [1.29, 1.82) is 0 Å². The second kappa shape index (κ2) is 5.78. The summed E-state index contributed by atoms with van der Waals surface area (Å²) in [5, 5.41) is 0. The first-order valence-corrected chi connectivity index (χ1v) is 6.35. The third-order valence-corrected chi connectivity index (χ3v) is 2.84. The van der Waals surface area contributed by atoms with E-state index in [0.29, 0.717) is 11.1 Å². The van der Waals surface area contributed by atoms with Gasteiger partial charge in [-0.25, -0.2) is 19.7 Å². The van der Waals surface area contributed by atoms with Crippen LogP contribution in [0.3, 0.4) is 0 Å². The van der Waals surface area contributed by atoms with E-state index >= 15 is 0 Å². The fraction of sp³-hybridized carbons (Fsp3) is 0.308. The van der Waals surface area contributed by atoms with E-state index < -0.39 is 41.2 Å². The maximum absolute atomic E-state index is 13.1. The molecule has 1 aliphatic rings. The molecule has 2 heterocycles. The average Bonchev–Trinajstić information content (AvgIpc) is 2.71. The SMILES string of the molecule is CCOC(=O)c1cnc(N2C(=O)C=C(C)C2=O)nc1C(F)(F)F. The Bertz CT molecular complexity index is 728. The molecule has 0 aromatic carbocycles. The van der Waals surface area contributed by atoms with Gasteiger partial charge < -0.3 is 4.74 Å². The highest BCUT2D eigenvalue weighted by molar-refractivity contribution is 6.29. The molecule has 0 N–H and O–H groups in total. The number of carbonyl (C=O) groups is 3. The van der Waals surface area contributed by atoms with Crippen molar-refractivity contribution < 1.29 is 32.3 Å². The number of esters is 1. The zero-order valence-electron chi connectivity index (χ0n) is 12.0. The van der Waals surface area contributed by atoms with Gasteiger partial charge >= 0.3 is 12.1 Å². The Morgan fingerprint density at radius 2 is 2.00 bits per heavy atom. The van der Waals surface area contributed by atoms with E-state index in [1.165, 1.54) is 13.8 Å². The maximum Gasteiger partial charge on any atom is 0.434 e. The minimum atomic E-state index is -4.99. The lowest BCUT2D eigenvalue weighted by Crippen LogP contribution is -2.33. The van der Waals surface area contributed by atoms with Gasteiger partial charge in [-0.15, -0.1) is 0 Å². The van der Waals surface area contributed by atoms with Crippen molar-refractivity contribution in [3.05, 3.63) is 29.1 Å². The smallest absolute Gasteiger partial charge is 0.434 e. The molecule has 0 saturated carbocycles. The van der Waals surface area contributed by atoms with Gasteiger partial charge in [0.05, 0.1) is 6.61 Å². The summed E-state index contributed by atoms with van der Waals surface area (Å²) in [6, 6.07) is 0. The van der Waals surface area contributed by atoms with Crippen LogP contribution in [0.15, 0.2) is 17.8 Å². The highest BCUT2D eigenvalue weighted by Crippen LogP contribution is 2.32. The van der Waals surface area contributed by atoms with Gasteiger partial charge in [-0.05, 0) is 13.8 Å². The van der Waals surface area contributed by atoms with Crippen molar-refractivity contribution in [3.8, 4) is 0 Å². The molecule has 0 bridgehead atoms. The van der Waals surface area contributed by atoms with Crippen LogP contribution >= 0.6 is 0 Å². The quantitative estimate of drug-likeness (QED) is 0.616. The van der Waals surface area contributed by atoms with Crippen molar-refractivity contribution in [3.63, 3.8) is 0 Å². The third kappa shape index (κ3) is 3.05. The van der Waals surface area contributed by atoms with E-state index in [2.05, 4.69) is 14.7 Å². The second-order valence-corrected chi connectivity index (χ2v) is 4.46. The number of amides is 2. The first-order valence-electron chi connectivity index (χ1n) is 6.35. The summed E-state index contributed by atoms with van der Waals surface area (Å²) >= 11 is 0. The molecule has 1 aliphatic heterocycles. The Morgan fingerprint density at radius 3 is 2.48 bits per heavy atom. The molecular weight excluding hydrogens is 319 g/mol. The number of rotatable bonds is 3. The minimum Gasteiger partial charge on any atom is -0.462 e. The molecule has 2 rings (SSSR count). The van der Waals surface area contributed by atoms with Crippen LogP contribution < -0.4 is 4.90 Å². The number of hydrogen-bond acceptors (Lipinski definition) is 6. The van der Waals surface area contributed by atoms with Gasteiger partial charge in [-0.3, -0.25) is 9.59 Å². The van der Waals surface area contributed by atoms with Crippen LogP contribution in [0, 0.1) is 0 Å². The van der Waals surface area contributed by atoms with Crippen LogP contribution in [0.25, 0.3) is 0 Å². The predicted octanol–water partition coefficient (Wildman–Crippen LogP) is 1.49. The molecule has 0 fully saturated rings. The number of carbonyl (C=O) groups excluding carboxylic acids is 3. The summed E-state index contributed by atoms with van der Waals surface area (Å²) in [4.78, 5) is 42.1. The Labute approximate surface area is 127 Å². The molecule has 0 aliphatic carbocycles. The molecule has 122 valence electrons. The van der Waals surface area contributed by atoms with Gasteiger partial charge in [0, 0.05) is 17.8 Å². The van der Waals surface area contributed by atoms with E-state index in [1.54, 1.807) is 0 Å². The largest absolute Gasteiger partial charge is 0.462 e. The van der Waals surface area contributed by atoms with Gasteiger partial charge in [-0.1, -0.05) is 0 Å². The molecule has 0 radical (unpaired) electrons. The molecule has 1 aromatic rings. The number of nitrogens with zero attached hydrogens (tertiary/aromatic N) is 3. The van der Waals surface area contributed by atoms with E-state index in [0.717, 1.165) is 6.08 Å². The average molecular weight is 329 g/mol. The summed E-state index contributed by atoms with van der Waals surface area (Å²) in [6.07, 6.45) is -3.45. The van der Waals surface area contributed by atoms with E-state index in [9.17, 15) is 27.6 Å². The van der Waals surface area contributed by atoms with Crippen LogP contribution in [0.4, 0.5) is 19.1 Å². The van der Waals surface area contributed by atoms with Crippen LogP contribution in [0.1, 0.15) is 29.9 Å². The van der Waals surface area contributed by atoms with E-state index in [-0.39, 0.29) is 12.2 Å². The normalized spacial score (nSPS) is 15.0. The minimum absolute atomic E-state index is 0.0432. The molecular formula is C13H10F3N3O4. The van der Waals surface area contributed by atoms with Gasteiger partial charge in [0.15, 0.2) is 5.69 Å². The van der Waals surface area contributed by atoms with Gasteiger partial charge in [0.1, 0.15) is 5.56 Å². The molecule has 2 amide bonds. The zero-order valence-corrected chi connectivity index (χ0v) is 12.0. The predicted molar refractivity (Wildman–Crippen MR) is 69.2 cm³/mol. The lowest BCUT2D eigenvalue weighted by atomic mass is 10.2. The van der Waals surface area contributed by atoms with Gasteiger partial charge in [-0.2, -0.15) is 13.2 Å². The summed E-state index contributed by atoms with van der Waals surface area (Å²) in [7, 11) is 0. The van der Waals surface area contributed by atoms with E-state index in [4.69, 9.17) is 0 Å². The lowest BCUT2D eigenvalue weighted by molar-refractivity contribution is -0.142. The van der Waals surface area contributed by atoms with Crippen molar-refractivity contribution >= 4 is 23.7 Å². The monoisotopic (exact) mass is 329 g/mol. The molecule has 1 aromatic heterocycles. The summed E-state index contributed by atoms with van der Waals surface area (Å²) in [5.41, 5.74) is -2.43. The number of anilines is 1. The fourth-order valence-electron chi connectivity index (χ4n) is 1.83. The fourth-order valence-corrected chi connectivity index (χ4v) is 1.83. The Balaban J connectivity index is 2.52. The summed E-state index contributed by atoms with van der Waals surface area (Å²) < 4.78 is 43.8. The maximum atomic E-state index is 13.1. The lowest BCUT2D eigenvalue weighted by Gasteiger charge is -2.16. The number of imide groups is 1. The van der Waals surface area contributed by atoms with E-state index in [1.807, 2.05) is 0 Å². The zero-order chi connectivity index (χ0) is 17.4. The second-order valence-electron chi connectivity index (χ2n) is 4.46. The highest BCUT2D eigenvalue weighted by Gasteiger charge is 2.40. The van der Waals surface area contributed by atoms with Crippen LogP contribution in [-0.4, -0.2) is 34.4 Å². The molecule has 0 atom stereocenters. The molecule has 0 unspecified atom stereocenters. The van der Waals surface area contributed by atoms with Crippen molar-refractivity contribution in [1.82, 2.24) is 9.97 Å². The number of halogens is 3.